The second kappa shape index (κ2) is 10.1. The first-order chi connectivity index (χ1) is 18.5. The van der Waals surface area contributed by atoms with E-state index in [0.29, 0.717) is 35.8 Å². The highest BCUT2D eigenvalue weighted by molar-refractivity contribution is 5.86. The van der Waals surface area contributed by atoms with E-state index in [2.05, 4.69) is 4.98 Å². The van der Waals surface area contributed by atoms with Crippen LogP contribution in [0.15, 0.2) is 36.4 Å². The number of nitrogens with zero attached hydrogens (tertiary/aromatic N) is 2. The lowest BCUT2D eigenvalue weighted by Crippen LogP contribution is -2.38. The first-order valence-corrected chi connectivity index (χ1v) is 12.3. The van der Waals surface area contributed by atoms with Gasteiger partial charge in [-0.3, -0.25) is 4.90 Å². The van der Waals surface area contributed by atoms with Gasteiger partial charge in [0, 0.05) is 23.5 Å². The van der Waals surface area contributed by atoms with Crippen molar-refractivity contribution >= 4 is 10.9 Å². The van der Waals surface area contributed by atoms with E-state index in [1.165, 1.54) is 33.5 Å². The Morgan fingerprint density at radius 3 is 2.18 bits per heavy atom. The summed E-state index contributed by atoms with van der Waals surface area (Å²) in [5.74, 6) is 1.11. The van der Waals surface area contributed by atoms with E-state index >= 15 is 0 Å². The molecule has 0 spiro atoms. The number of rotatable bonds is 5. The quantitative estimate of drug-likeness (QED) is 0.318. The summed E-state index contributed by atoms with van der Waals surface area (Å²) < 4.78 is 106. The zero-order valence-electron chi connectivity index (χ0n) is 21.3. The van der Waals surface area contributed by atoms with Crippen molar-refractivity contribution in [3.05, 3.63) is 58.8 Å². The normalized spacial score (nSPS) is 22.1. The molecule has 39 heavy (non-hydrogen) atoms. The van der Waals surface area contributed by atoms with E-state index in [1.54, 1.807) is 12.1 Å². The maximum atomic E-state index is 13.9. The van der Waals surface area contributed by atoms with Crippen LogP contribution in [-0.2, 0) is 17.1 Å². The van der Waals surface area contributed by atoms with Crippen molar-refractivity contribution in [2.24, 2.45) is 0 Å². The van der Waals surface area contributed by atoms with E-state index < -0.39 is 41.5 Å². The van der Waals surface area contributed by atoms with Gasteiger partial charge in [0.25, 0.3) is 0 Å². The van der Waals surface area contributed by atoms with Gasteiger partial charge >= 0.3 is 12.4 Å². The molecule has 6 nitrogen and oxygen atoms in total. The number of hydrogen-bond donors (Lipinski definition) is 0. The van der Waals surface area contributed by atoms with Gasteiger partial charge in [0.15, 0.2) is 11.5 Å². The molecule has 0 amide bonds. The molecule has 1 aromatic heterocycles. The maximum absolute atomic E-state index is 13.9. The zero-order chi connectivity index (χ0) is 28.1. The number of pyridine rings is 1. The standard InChI is InChI=1S/C27H26F6N2O4/c1-36-19-11-14(12-20(37-2)24(19)38-3)25-35-10-5-4-9-18(35)23(39-25)16-13-21(27(31,32)33)34-22-15(16)7-6-8-17(22)26(28,29)30/h6-8,11-13,18,23,25H,4-5,9-10H2,1-3H3/t18-,23+,25-/m1/s1. The maximum Gasteiger partial charge on any atom is 0.433 e. The fraction of sp³-hybridized carbons (Fsp3) is 0.444. The monoisotopic (exact) mass is 556 g/mol. The van der Waals surface area contributed by atoms with Crippen molar-refractivity contribution in [2.75, 3.05) is 27.9 Å². The Balaban J connectivity index is 1.68. The molecule has 0 radical (unpaired) electrons. The molecule has 0 unspecified atom stereocenters. The van der Waals surface area contributed by atoms with Crippen LogP contribution in [0.2, 0.25) is 0 Å². The predicted molar refractivity (Wildman–Crippen MR) is 129 cm³/mol. The molecular formula is C27H26F6N2O4. The van der Waals surface area contributed by atoms with Gasteiger partial charge in [0.1, 0.15) is 18.0 Å². The summed E-state index contributed by atoms with van der Waals surface area (Å²) in [7, 11) is 4.39. The van der Waals surface area contributed by atoms with Crippen LogP contribution in [0.3, 0.4) is 0 Å². The summed E-state index contributed by atoms with van der Waals surface area (Å²) in [5.41, 5.74) is -2.75. The number of hydrogen-bond acceptors (Lipinski definition) is 6. The number of methoxy groups -OCH3 is 3. The third-order valence-corrected chi connectivity index (χ3v) is 7.26. The van der Waals surface area contributed by atoms with Crippen molar-refractivity contribution in [1.82, 2.24) is 9.88 Å². The van der Waals surface area contributed by atoms with Crippen molar-refractivity contribution in [1.29, 1.82) is 0 Å². The Bertz CT molecular complexity index is 1350. The number of piperidine rings is 1. The average molecular weight is 557 g/mol. The lowest BCUT2D eigenvalue weighted by molar-refractivity contribution is -0.142. The third-order valence-electron chi connectivity index (χ3n) is 7.26. The number of fused-ring (bicyclic) bond motifs is 2. The summed E-state index contributed by atoms with van der Waals surface area (Å²) in [6.07, 6.45) is -9.28. The Kier molecular flexibility index (Phi) is 7.04. The molecule has 3 aromatic rings. The first kappa shape index (κ1) is 27.3. The molecule has 2 fully saturated rings. The molecular weight excluding hydrogens is 530 g/mol. The van der Waals surface area contributed by atoms with Crippen LogP contribution in [0.5, 0.6) is 17.2 Å². The van der Waals surface area contributed by atoms with Crippen molar-refractivity contribution in [2.45, 2.75) is 50.0 Å². The lowest BCUT2D eigenvalue weighted by atomic mass is 9.91. The summed E-state index contributed by atoms with van der Waals surface area (Å²) in [6.45, 7) is 0.589. The van der Waals surface area contributed by atoms with Crippen LogP contribution in [0, 0.1) is 0 Å². The molecule has 5 rings (SSSR count). The molecule has 2 saturated heterocycles. The van der Waals surface area contributed by atoms with Crippen LogP contribution >= 0.6 is 0 Å². The van der Waals surface area contributed by atoms with Crippen LogP contribution in [-0.4, -0.2) is 43.8 Å². The van der Waals surface area contributed by atoms with Gasteiger partial charge in [-0.1, -0.05) is 18.6 Å². The van der Waals surface area contributed by atoms with E-state index in [4.69, 9.17) is 18.9 Å². The fourth-order valence-electron chi connectivity index (χ4n) is 5.58. The zero-order valence-corrected chi connectivity index (χ0v) is 21.3. The van der Waals surface area contributed by atoms with Gasteiger partial charge in [-0.05, 0) is 42.7 Å². The molecule has 2 aliphatic heterocycles. The highest BCUT2D eigenvalue weighted by atomic mass is 19.4. The summed E-state index contributed by atoms with van der Waals surface area (Å²) in [4.78, 5) is 5.46. The van der Waals surface area contributed by atoms with E-state index in [9.17, 15) is 26.3 Å². The molecule has 0 N–H and O–H groups in total. The highest BCUT2D eigenvalue weighted by Gasteiger charge is 2.47. The van der Waals surface area contributed by atoms with Gasteiger partial charge in [-0.25, -0.2) is 4.98 Å². The average Bonchev–Trinajstić information content (AvgIpc) is 3.29. The van der Waals surface area contributed by atoms with Gasteiger partial charge in [-0.15, -0.1) is 0 Å². The highest BCUT2D eigenvalue weighted by Crippen LogP contribution is 2.51. The van der Waals surface area contributed by atoms with Crippen LogP contribution in [0.1, 0.15) is 54.0 Å². The van der Waals surface area contributed by atoms with Crippen molar-refractivity contribution in [3.63, 3.8) is 0 Å². The lowest BCUT2D eigenvalue weighted by Gasteiger charge is -2.33. The van der Waals surface area contributed by atoms with Crippen LogP contribution in [0.25, 0.3) is 10.9 Å². The van der Waals surface area contributed by atoms with Crippen LogP contribution in [0.4, 0.5) is 26.3 Å². The number of alkyl halides is 6. The van der Waals surface area contributed by atoms with E-state index in [1.807, 2.05) is 4.90 Å². The van der Waals surface area contributed by atoms with E-state index in [0.717, 1.165) is 25.0 Å². The molecule has 2 aromatic carbocycles. The van der Waals surface area contributed by atoms with Gasteiger partial charge in [-0.2, -0.15) is 26.3 Å². The summed E-state index contributed by atoms with van der Waals surface area (Å²) in [6, 6.07) is 7.12. The SMILES string of the molecule is COc1cc([C@H]2O[C@@H](c3cc(C(F)(F)F)nc4c(C(F)(F)F)cccc34)[C@H]3CCCCN23)cc(OC)c1OC. The molecule has 12 heteroatoms. The molecule has 2 aliphatic rings. The first-order valence-electron chi connectivity index (χ1n) is 12.3. The topological polar surface area (TPSA) is 53.1 Å². The Morgan fingerprint density at radius 1 is 0.897 bits per heavy atom. The van der Waals surface area contributed by atoms with Crippen molar-refractivity contribution in [3.8, 4) is 17.2 Å². The van der Waals surface area contributed by atoms with E-state index in [-0.39, 0.29) is 17.0 Å². The Hall–Kier alpha value is -3.25. The van der Waals surface area contributed by atoms with Crippen molar-refractivity contribution < 1.29 is 45.3 Å². The second-order valence-electron chi connectivity index (χ2n) is 9.46. The predicted octanol–water partition coefficient (Wildman–Crippen LogP) is 6.92. The summed E-state index contributed by atoms with van der Waals surface area (Å²) >= 11 is 0. The smallest absolute Gasteiger partial charge is 0.433 e. The van der Waals surface area contributed by atoms with Gasteiger partial charge < -0.3 is 18.9 Å². The molecule has 0 bridgehead atoms. The Morgan fingerprint density at radius 2 is 1.59 bits per heavy atom. The largest absolute Gasteiger partial charge is 0.493 e. The minimum atomic E-state index is -4.96. The molecule has 0 saturated carbocycles. The second-order valence-corrected chi connectivity index (χ2v) is 9.46. The fourth-order valence-corrected chi connectivity index (χ4v) is 5.58. The number of aromatic nitrogens is 1. The third kappa shape index (κ3) is 4.84. The Labute approximate surface area is 220 Å². The molecule has 3 atom stereocenters. The number of ether oxygens (including phenoxy) is 4. The molecule has 0 aliphatic carbocycles. The molecule has 3 heterocycles. The number of benzene rings is 2. The number of halogens is 6. The number of para-hydroxylation sites is 1. The minimum Gasteiger partial charge on any atom is -0.493 e. The summed E-state index contributed by atoms with van der Waals surface area (Å²) in [5, 5.41) is -0.0288. The van der Waals surface area contributed by atoms with Crippen LogP contribution < -0.4 is 14.2 Å². The molecule has 210 valence electrons. The van der Waals surface area contributed by atoms with Gasteiger partial charge in [0.2, 0.25) is 5.75 Å². The van der Waals surface area contributed by atoms with Gasteiger partial charge in [0.05, 0.1) is 32.4 Å². The minimum absolute atomic E-state index is 0.0188.